The van der Waals surface area contributed by atoms with Gasteiger partial charge in [-0.05, 0) is 48.5 Å². The molecule has 0 N–H and O–H groups in total. The summed E-state index contributed by atoms with van der Waals surface area (Å²) in [7, 11) is 8.02. The van der Waals surface area contributed by atoms with Crippen LogP contribution in [0.5, 0.6) is 0 Å². The van der Waals surface area contributed by atoms with Crippen LogP contribution in [-0.4, -0.2) is 48.6 Å². The van der Waals surface area contributed by atoms with Crippen molar-refractivity contribution in [3.8, 4) is 22.8 Å². The highest BCUT2D eigenvalue weighted by atomic mass is 15.3. The van der Waals surface area contributed by atoms with Crippen molar-refractivity contribution in [3.63, 3.8) is 0 Å². The average Bonchev–Trinajstić information content (AvgIpc) is 2.62. The molecular formula is C18H20N6. The molecule has 0 aliphatic heterocycles. The molecule has 24 heavy (non-hydrogen) atoms. The Morgan fingerprint density at radius 3 is 1.04 bits per heavy atom. The minimum Gasteiger partial charge on any atom is -0.378 e. The van der Waals surface area contributed by atoms with Gasteiger partial charge in [-0.3, -0.25) is 0 Å². The van der Waals surface area contributed by atoms with Gasteiger partial charge in [0.25, 0.3) is 0 Å². The van der Waals surface area contributed by atoms with Crippen molar-refractivity contribution in [3.05, 3.63) is 48.5 Å². The predicted molar refractivity (Wildman–Crippen MR) is 97.1 cm³/mol. The van der Waals surface area contributed by atoms with Crippen LogP contribution in [0.1, 0.15) is 0 Å². The second-order valence-electron chi connectivity index (χ2n) is 5.93. The van der Waals surface area contributed by atoms with Gasteiger partial charge in [-0.15, -0.1) is 20.4 Å². The topological polar surface area (TPSA) is 58.0 Å². The van der Waals surface area contributed by atoms with E-state index in [-0.39, 0.29) is 0 Å². The van der Waals surface area contributed by atoms with E-state index < -0.39 is 0 Å². The van der Waals surface area contributed by atoms with E-state index in [2.05, 4.69) is 20.4 Å². The van der Waals surface area contributed by atoms with Crippen LogP contribution in [0.2, 0.25) is 0 Å². The Kier molecular flexibility index (Phi) is 4.37. The molecule has 122 valence electrons. The van der Waals surface area contributed by atoms with E-state index >= 15 is 0 Å². The van der Waals surface area contributed by atoms with E-state index in [0.717, 1.165) is 22.5 Å². The highest BCUT2D eigenvalue weighted by Gasteiger charge is 2.07. The fourth-order valence-corrected chi connectivity index (χ4v) is 2.28. The van der Waals surface area contributed by atoms with E-state index in [1.165, 1.54) is 0 Å². The molecule has 0 aliphatic rings. The Balaban J connectivity index is 1.82. The van der Waals surface area contributed by atoms with Crippen molar-refractivity contribution in [2.24, 2.45) is 0 Å². The number of hydrogen-bond acceptors (Lipinski definition) is 6. The maximum atomic E-state index is 4.21. The summed E-state index contributed by atoms with van der Waals surface area (Å²) >= 11 is 0. The molecule has 3 aromatic rings. The number of anilines is 2. The van der Waals surface area contributed by atoms with Crippen LogP contribution < -0.4 is 9.80 Å². The predicted octanol–water partition coefficient (Wildman–Crippen LogP) is 2.73. The van der Waals surface area contributed by atoms with Crippen LogP contribution in [0.25, 0.3) is 22.8 Å². The van der Waals surface area contributed by atoms with Crippen LogP contribution in [0.15, 0.2) is 48.5 Å². The fourth-order valence-electron chi connectivity index (χ4n) is 2.28. The van der Waals surface area contributed by atoms with Gasteiger partial charge < -0.3 is 9.80 Å². The molecule has 0 aliphatic carbocycles. The largest absolute Gasteiger partial charge is 0.378 e. The summed E-state index contributed by atoms with van der Waals surface area (Å²) in [6.07, 6.45) is 0. The van der Waals surface area contributed by atoms with Crippen LogP contribution in [0.4, 0.5) is 11.4 Å². The maximum Gasteiger partial charge on any atom is 0.203 e. The Morgan fingerprint density at radius 2 is 0.792 bits per heavy atom. The number of hydrogen-bond donors (Lipinski definition) is 0. The summed E-state index contributed by atoms with van der Waals surface area (Å²) in [5.74, 6) is 1.04. The normalized spacial score (nSPS) is 10.5. The lowest BCUT2D eigenvalue weighted by Crippen LogP contribution is -2.08. The lowest BCUT2D eigenvalue weighted by atomic mass is 10.2. The molecule has 3 rings (SSSR count). The third kappa shape index (κ3) is 3.32. The Morgan fingerprint density at radius 1 is 0.500 bits per heavy atom. The van der Waals surface area contributed by atoms with Crippen molar-refractivity contribution in [1.82, 2.24) is 20.4 Å². The first-order valence-electron chi connectivity index (χ1n) is 7.67. The summed E-state index contributed by atoms with van der Waals surface area (Å²) < 4.78 is 0. The lowest BCUT2D eigenvalue weighted by molar-refractivity contribution is 0.876. The van der Waals surface area contributed by atoms with Gasteiger partial charge in [-0.2, -0.15) is 0 Å². The highest BCUT2D eigenvalue weighted by molar-refractivity contribution is 5.62. The van der Waals surface area contributed by atoms with Gasteiger partial charge in [0.1, 0.15) is 0 Å². The van der Waals surface area contributed by atoms with Crippen LogP contribution in [0.3, 0.4) is 0 Å². The fraction of sp³-hybridized carbons (Fsp3) is 0.222. The van der Waals surface area contributed by atoms with Gasteiger partial charge in [0.15, 0.2) is 0 Å². The molecule has 6 nitrogen and oxygen atoms in total. The molecule has 2 aromatic carbocycles. The first-order chi connectivity index (χ1) is 11.5. The van der Waals surface area contributed by atoms with Crippen LogP contribution >= 0.6 is 0 Å². The van der Waals surface area contributed by atoms with Crippen LogP contribution in [-0.2, 0) is 0 Å². The molecule has 0 atom stereocenters. The summed E-state index contributed by atoms with van der Waals surface area (Å²) in [5, 5.41) is 16.8. The smallest absolute Gasteiger partial charge is 0.203 e. The number of rotatable bonds is 4. The van der Waals surface area contributed by atoms with Crippen molar-refractivity contribution in [2.45, 2.75) is 0 Å². The summed E-state index contributed by atoms with van der Waals surface area (Å²) in [4.78, 5) is 4.09. The number of nitrogens with zero attached hydrogens (tertiary/aromatic N) is 6. The lowest BCUT2D eigenvalue weighted by Gasteiger charge is -2.12. The quantitative estimate of drug-likeness (QED) is 0.737. The Hall–Kier alpha value is -3.02. The first kappa shape index (κ1) is 15.9. The van der Waals surface area contributed by atoms with Gasteiger partial charge >= 0.3 is 0 Å². The zero-order valence-corrected chi connectivity index (χ0v) is 14.3. The SMILES string of the molecule is CN(C)c1ccc(-c2nnc(-c3ccc(N(C)C)cc3)nn2)cc1. The van der Waals surface area contributed by atoms with Crippen molar-refractivity contribution >= 4 is 11.4 Å². The minimum absolute atomic E-state index is 0.522. The molecule has 0 amide bonds. The van der Waals surface area contributed by atoms with Crippen molar-refractivity contribution in [1.29, 1.82) is 0 Å². The van der Waals surface area contributed by atoms with Gasteiger partial charge in [0.05, 0.1) is 0 Å². The molecule has 0 spiro atoms. The molecule has 1 heterocycles. The molecular weight excluding hydrogens is 300 g/mol. The average molecular weight is 320 g/mol. The summed E-state index contributed by atoms with van der Waals surface area (Å²) in [5.41, 5.74) is 4.04. The van der Waals surface area contributed by atoms with Gasteiger partial charge in [-0.1, -0.05) is 0 Å². The van der Waals surface area contributed by atoms with Gasteiger partial charge in [-0.25, -0.2) is 0 Å². The molecule has 0 saturated carbocycles. The number of benzene rings is 2. The van der Waals surface area contributed by atoms with E-state index in [9.17, 15) is 0 Å². The third-order valence-corrected chi connectivity index (χ3v) is 3.76. The summed E-state index contributed by atoms with van der Waals surface area (Å²) in [6, 6.07) is 16.0. The molecule has 0 fully saturated rings. The Bertz CT molecular complexity index is 722. The monoisotopic (exact) mass is 320 g/mol. The van der Waals surface area contributed by atoms with Gasteiger partial charge in [0.2, 0.25) is 11.6 Å². The molecule has 0 radical (unpaired) electrons. The van der Waals surface area contributed by atoms with E-state index in [1.807, 2.05) is 86.5 Å². The highest BCUT2D eigenvalue weighted by Crippen LogP contribution is 2.21. The second kappa shape index (κ2) is 6.62. The zero-order valence-electron chi connectivity index (χ0n) is 14.3. The van der Waals surface area contributed by atoms with E-state index in [1.54, 1.807) is 0 Å². The molecule has 6 heteroatoms. The van der Waals surface area contributed by atoms with Gasteiger partial charge in [0, 0.05) is 50.7 Å². The number of aromatic nitrogens is 4. The van der Waals surface area contributed by atoms with E-state index in [0.29, 0.717) is 11.6 Å². The van der Waals surface area contributed by atoms with Crippen molar-refractivity contribution < 1.29 is 0 Å². The second-order valence-corrected chi connectivity index (χ2v) is 5.93. The van der Waals surface area contributed by atoms with Crippen molar-refractivity contribution in [2.75, 3.05) is 38.0 Å². The first-order valence-corrected chi connectivity index (χ1v) is 7.67. The molecule has 1 aromatic heterocycles. The van der Waals surface area contributed by atoms with Crippen LogP contribution in [0, 0.1) is 0 Å². The third-order valence-electron chi connectivity index (χ3n) is 3.76. The minimum atomic E-state index is 0.522. The Labute approximate surface area is 141 Å². The molecule has 0 bridgehead atoms. The molecule has 0 unspecified atom stereocenters. The maximum absolute atomic E-state index is 4.21. The standard InChI is InChI=1S/C18H20N6/c1-23(2)15-9-5-13(6-10-15)17-19-21-18(22-20-17)14-7-11-16(12-8-14)24(3)4/h5-12H,1-4H3. The van der Waals surface area contributed by atoms with E-state index in [4.69, 9.17) is 0 Å². The zero-order chi connectivity index (χ0) is 17.1. The molecule has 0 saturated heterocycles. The summed E-state index contributed by atoms with van der Waals surface area (Å²) in [6.45, 7) is 0.